The van der Waals surface area contributed by atoms with Crippen LogP contribution in [0.25, 0.3) is 0 Å². The molecule has 1 unspecified atom stereocenters. The summed E-state index contributed by atoms with van der Waals surface area (Å²) >= 11 is 0. The van der Waals surface area contributed by atoms with Gasteiger partial charge in [0.25, 0.3) is 0 Å². The van der Waals surface area contributed by atoms with E-state index in [9.17, 15) is 9.36 Å². The third-order valence-electron chi connectivity index (χ3n) is 4.57. The number of hydrogen-bond acceptors (Lipinski definition) is 5. The fourth-order valence-corrected chi connectivity index (χ4v) is 4.21. The molecule has 28 heavy (non-hydrogen) atoms. The summed E-state index contributed by atoms with van der Waals surface area (Å²) in [5.41, 5.74) is 1.12. The van der Waals surface area contributed by atoms with Crippen LogP contribution >= 0.6 is 7.80 Å². The summed E-state index contributed by atoms with van der Waals surface area (Å²) in [6, 6.07) is 13.6. The zero-order valence-electron chi connectivity index (χ0n) is 16.8. The van der Waals surface area contributed by atoms with E-state index in [4.69, 9.17) is 14.2 Å². The van der Waals surface area contributed by atoms with Crippen molar-refractivity contribution in [2.45, 2.75) is 32.1 Å². The van der Waals surface area contributed by atoms with E-state index in [1.165, 1.54) is 26.9 Å². The number of carbonyl (C=O) groups excluding carboxylic acids is 1. The number of rotatable bonds is 12. The van der Waals surface area contributed by atoms with Gasteiger partial charge in [-0.1, -0.05) is 41.3 Å². The molecule has 150 valence electrons. The normalized spacial score (nSPS) is 11.0. The smallest absolute Gasteiger partial charge is 0.420 e. The first-order chi connectivity index (χ1) is 13.6. The Morgan fingerprint density at radius 3 is 2.04 bits per heavy atom. The summed E-state index contributed by atoms with van der Waals surface area (Å²) in [7, 11) is 2.42. The molecule has 6 heteroatoms. The van der Waals surface area contributed by atoms with Crippen LogP contribution in [0.3, 0.4) is 0 Å². The van der Waals surface area contributed by atoms with E-state index < -0.39 is 13.3 Å². The van der Waals surface area contributed by atoms with Crippen LogP contribution < -0.4 is 14.2 Å². The number of aryl methyl sites for hydroxylation is 1. The molecule has 2 rings (SSSR count). The summed E-state index contributed by atoms with van der Waals surface area (Å²) in [4.78, 5) is 12.7. The molecule has 0 radical (unpaired) electrons. The molecule has 0 aromatic heterocycles. The molecule has 0 N–H and O–H groups in total. The molecule has 0 saturated carbocycles. The molecule has 0 aliphatic rings. The number of methoxy groups -OCH3 is 3. The topological polar surface area (TPSA) is 61.8 Å². The SMILES string of the molecule is COc1cc(OC)c(C(=O)[P+](=O)CCCCCCc2ccccc2)c(OC)c1. The zero-order chi connectivity index (χ0) is 20.4. The van der Waals surface area contributed by atoms with Gasteiger partial charge in [-0.05, 0) is 31.2 Å². The standard InChI is InChI=1S/C22H28O5P/c1-25-18-15-19(26-2)21(20(16-18)27-3)22(23)28(24)14-10-5-4-7-11-17-12-8-6-9-13-17/h6,8-9,12-13,15-16H,4-5,7,10-11,14H2,1-3H3/q+1. The van der Waals surface area contributed by atoms with Gasteiger partial charge in [-0.3, -0.25) is 0 Å². The van der Waals surface area contributed by atoms with E-state index in [2.05, 4.69) is 12.1 Å². The van der Waals surface area contributed by atoms with Crippen molar-refractivity contribution >= 4 is 13.3 Å². The molecular formula is C22H28O5P+. The maximum absolute atomic E-state index is 12.7. The Labute approximate surface area is 167 Å². The Balaban J connectivity index is 1.86. The average molecular weight is 403 g/mol. The van der Waals surface area contributed by atoms with Crippen molar-refractivity contribution in [3.63, 3.8) is 0 Å². The quantitative estimate of drug-likeness (QED) is 0.347. The van der Waals surface area contributed by atoms with Crippen molar-refractivity contribution in [1.82, 2.24) is 0 Å². The fourth-order valence-electron chi connectivity index (χ4n) is 3.03. The van der Waals surface area contributed by atoms with E-state index in [0.717, 1.165) is 32.1 Å². The monoisotopic (exact) mass is 403 g/mol. The maximum atomic E-state index is 12.7. The van der Waals surface area contributed by atoms with Gasteiger partial charge in [-0.2, -0.15) is 0 Å². The van der Waals surface area contributed by atoms with Crippen LogP contribution in [0.1, 0.15) is 41.6 Å². The third kappa shape index (κ3) is 6.07. The Morgan fingerprint density at radius 1 is 0.857 bits per heavy atom. The predicted molar refractivity (Wildman–Crippen MR) is 112 cm³/mol. The van der Waals surface area contributed by atoms with Gasteiger partial charge in [-0.15, -0.1) is 0 Å². The highest BCUT2D eigenvalue weighted by atomic mass is 31.1. The molecule has 1 atom stereocenters. The number of ether oxygens (including phenoxy) is 3. The van der Waals surface area contributed by atoms with Crippen molar-refractivity contribution in [3.8, 4) is 17.2 Å². The molecule has 0 bridgehead atoms. The second-order valence-corrected chi connectivity index (χ2v) is 8.07. The summed E-state index contributed by atoms with van der Waals surface area (Å²) in [6.45, 7) is 0. The summed E-state index contributed by atoms with van der Waals surface area (Å²) in [6.07, 6.45) is 5.29. The molecule has 0 aliphatic carbocycles. The molecule has 0 amide bonds. The van der Waals surface area contributed by atoms with E-state index >= 15 is 0 Å². The average Bonchev–Trinajstić information content (AvgIpc) is 2.74. The van der Waals surface area contributed by atoms with Crippen LogP contribution in [-0.2, 0) is 11.0 Å². The first-order valence-electron chi connectivity index (χ1n) is 9.43. The van der Waals surface area contributed by atoms with Gasteiger partial charge in [-0.25, -0.2) is 4.79 Å². The molecular weight excluding hydrogens is 375 g/mol. The summed E-state index contributed by atoms with van der Waals surface area (Å²) in [5.74, 6) is 1.14. The van der Waals surface area contributed by atoms with Gasteiger partial charge in [0.05, 0.1) is 21.3 Å². The molecule has 0 spiro atoms. The predicted octanol–water partition coefficient (Wildman–Crippen LogP) is 5.48. The first-order valence-corrected chi connectivity index (χ1v) is 10.9. The molecule has 2 aromatic rings. The van der Waals surface area contributed by atoms with Gasteiger partial charge >= 0.3 is 13.3 Å². The summed E-state index contributed by atoms with van der Waals surface area (Å²) < 4.78 is 28.3. The van der Waals surface area contributed by atoms with Crippen LogP contribution in [0.4, 0.5) is 0 Å². The van der Waals surface area contributed by atoms with Crippen LogP contribution in [0.5, 0.6) is 17.2 Å². The zero-order valence-corrected chi connectivity index (χ0v) is 17.7. The molecule has 2 aromatic carbocycles. The third-order valence-corrected chi connectivity index (χ3v) is 5.97. The lowest BCUT2D eigenvalue weighted by Gasteiger charge is -2.11. The van der Waals surface area contributed by atoms with E-state index in [1.54, 1.807) is 12.1 Å². The molecule has 0 heterocycles. The van der Waals surface area contributed by atoms with Crippen molar-refractivity contribution in [2.75, 3.05) is 27.5 Å². The lowest BCUT2D eigenvalue weighted by atomic mass is 10.1. The van der Waals surface area contributed by atoms with Crippen molar-refractivity contribution in [1.29, 1.82) is 0 Å². The van der Waals surface area contributed by atoms with Crippen LogP contribution in [-0.4, -0.2) is 33.0 Å². The Bertz CT molecular complexity index is 764. The van der Waals surface area contributed by atoms with E-state index in [1.807, 2.05) is 18.2 Å². The van der Waals surface area contributed by atoms with Gasteiger partial charge in [0.2, 0.25) is 0 Å². The fraction of sp³-hybridized carbons (Fsp3) is 0.409. The minimum atomic E-state index is -2.03. The van der Waals surface area contributed by atoms with E-state index in [-0.39, 0.29) is 5.56 Å². The highest BCUT2D eigenvalue weighted by molar-refractivity contribution is 7.64. The first kappa shape index (κ1) is 21.9. The lowest BCUT2D eigenvalue weighted by Crippen LogP contribution is -2.04. The molecule has 0 aliphatic heterocycles. The maximum Gasteiger partial charge on any atom is 0.420 e. The largest absolute Gasteiger partial charge is 0.496 e. The number of benzene rings is 2. The van der Waals surface area contributed by atoms with Crippen LogP contribution in [0.15, 0.2) is 42.5 Å². The van der Waals surface area contributed by atoms with Gasteiger partial charge < -0.3 is 14.2 Å². The summed E-state index contributed by atoms with van der Waals surface area (Å²) in [5, 5.41) is 0. The number of unbranched alkanes of at least 4 members (excludes halogenated alkanes) is 3. The van der Waals surface area contributed by atoms with Crippen LogP contribution in [0, 0.1) is 0 Å². The van der Waals surface area contributed by atoms with Crippen molar-refractivity contribution < 1.29 is 23.6 Å². The highest BCUT2D eigenvalue weighted by Crippen LogP contribution is 2.40. The lowest BCUT2D eigenvalue weighted by molar-refractivity contribution is 0.107. The molecule has 0 fully saturated rings. The highest BCUT2D eigenvalue weighted by Gasteiger charge is 2.35. The van der Waals surface area contributed by atoms with Gasteiger partial charge in [0.1, 0.15) is 17.2 Å². The van der Waals surface area contributed by atoms with Crippen molar-refractivity contribution in [3.05, 3.63) is 53.6 Å². The van der Waals surface area contributed by atoms with E-state index in [0.29, 0.717) is 23.4 Å². The molecule has 0 saturated heterocycles. The van der Waals surface area contributed by atoms with Gasteiger partial charge in [0, 0.05) is 12.1 Å². The Morgan fingerprint density at radius 2 is 1.46 bits per heavy atom. The second kappa shape index (κ2) is 11.5. The minimum Gasteiger partial charge on any atom is -0.496 e. The molecule has 5 nitrogen and oxygen atoms in total. The van der Waals surface area contributed by atoms with Crippen molar-refractivity contribution in [2.24, 2.45) is 0 Å². The van der Waals surface area contributed by atoms with Gasteiger partial charge in [0.15, 0.2) is 11.7 Å². The second-order valence-electron chi connectivity index (χ2n) is 6.46. The Hall–Kier alpha value is -2.39. The minimum absolute atomic E-state index is 0.219. The number of hydrogen-bond donors (Lipinski definition) is 0. The number of carbonyl (C=O) groups is 1. The van der Waals surface area contributed by atoms with Crippen LogP contribution in [0.2, 0.25) is 0 Å². The Kier molecular flexibility index (Phi) is 8.96.